The zero-order chi connectivity index (χ0) is 19.2. The molecule has 2 amide bonds. The van der Waals surface area contributed by atoms with Crippen LogP contribution >= 0.6 is 15.9 Å². The number of halogens is 1. The van der Waals surface area contributed by atoms with Gasteiger partial charge in [0.05, 0.1) is 4.47 Å². The molecular formula is C21H19BrN2O3. The van der Waals surface area contributed by atoms with Gasteiger partial charge >= 0.3 is 0 Å². The third-order valence-electron chi connectivity index (χ3n) is 4.09. The van der Waals surface area contributed by atoms with E-state index in [-0.39, 0.29) is 18.4 Å². The van der Waals surface area contributed by atoms with E-state index in [1.165, 1.54) is 0 Å². The molecule has 0 aliphatic carbocycles. The van der Waals surface area contributed by atoms with Crippen LogP contribution in [-0.4, -0.2) is 25.5 Å². The van der Waals surface area contributed by atoms with Gasteiger partial charge in [-0.3, -0.25) is 9.59 Å². The van der Waals surface area contributed by atoms with Gasteiger partial charge in [-0.15, -0.1) is 0 Å². The maximum Gasteiger partial charge on any atom is 0.258 e. The number of benzene rings is 3. The maximum atomic E-state index is 12.1. The van der Waals surface area contributed by atoms with E-state index >= 15 is 0 Å². The van der Waals surface area contributed by atoms with Crippen molar-refractivity contribution in [3.8, 4) is 5.75 Å². The minimum absolute atomic E-state index is 0.0912. The van der Waals surface area contributed by atoms with Crippen molar-refractivity contribution in [2.24, 2.45) is 0 Å². The summed E-state index contributed by atoms with van der Waals surface area (Å²) < 4.78 is 6.48. The number of hydrogen-bond acceptors (Lipinski definition) is 3. The predicted molar refractivity (Wildman–Crippen MR) is 109 cm³/mol. The lowest BCUT2D eigenvalue weighted by Gasteiger charge is -2.11. The van der Waals surface area contributed by atoms with Gasteiger partial charge in [-0.25, -0.2) is 0 Å². The Morgan fingerprint density at radius 2 is 1.85 bits per heavy atom. The molecule has 3 aromatic rings. The highest BCUT2D eigenvalue weighted by Crippen LogP contribution is 2.32. The van der Waals surface area contributed by atoms with Crippen molar-refractivity contribution < 1.29 is 14.3 Å². The second kappa shape index (κ2) is 8.68. The summed E-state index contributed by atoms with van der Waals surface area (Å²) in [5.41, 5.74) is 1.40. The van der Waals surface area contributed by atoms with Gasteiger partial charge in [-0.05, 0) is 50.5 Å². The molecular weight excluding hydrogens is 408 g/mol. The Morgan fingerprint density at radius 1 is 1.04 bits per heavy atom. The summed E-state index contributed by atoms with van der Waals surface area (Å²) in [6.07, 6.45) is 0. The van der Waals surface area contributed by atoms with E-state index in [0.717, 1.165) is 20.8 Å². The predicted octanol–water partition coefficient (Wildman–Crippen LogP) is 3.66. The molecule has 0 spiro atoms. The zero-order valence-corrected chi connectivity index (χ0v) is 16.4. The number of rotatable bonds is 6. The van der Waals surface area contributed by atoms with Crippen molar-refractivity contribution in [2.75, 3.05) is 13.7 Å². The third-order valence-corrected chi connectivity index (χ3v) is 4.91. The number of fused-ring (bicyclic) bond motifs is 1. The van der Waals surface area contributed by atoms with Crippen molar-refractivity contribution in [3.05, 3.63) is 76.3 Å². The van der Waals surface area contributed by atoms with Crippen molar-refractivity contribution >= 4 is 38.5 Å². The van der Waals surface area contributed by atoms with Gasteiger partial charge in [0.15, 0.2) is 6.61 Å². The number of hydrogen-bond donors (Lipinski definition) is 2. The summed E-state index contributed by atoms with van der Waals surface area (Å²) in [6.45, 7) is 0.234. The fourth-order valence-electron chi connectivity index (χ4n) is 2.69. The molecule has 3 rings (SSSR count). The van der Waals surface area contributed by atoms with E-state index < -0.39 is 0 Å². The van der Waals surface area contributed by atoms with Crippen molar-refractivity contribution in [3.63, 3.8) is 0 Å². The Hall–Kier alpha value is -2.86. The van der Waals surface area contributed by atoms with E-state index in [2.05, 4.69) is 26.6 Å². The molecule has 0 saturated heterocycles. The fraction of sp³-hybridized carbons (Fsp3) is 0.143. The Morgan fingerprint density at radius 3 is 2.67 bits per heavy atom. The highest BCUT2D eigenvalue weighted by atomic mass is 79.9. The minimum atomic E-state index is -0.236. The number of amides is 2. The first kappa shape index (κ1) is 18.9. The number of nitrogens with one attached hydrogen (secondary N) is 2. The Bertz CT molecular complexity index is 988. The Labute approximate surface area is 165 Å². The Balaban J connectivity index is 1.58. The van der Waals surface area contributed by atoms with Crippen LogP contribution < -0.4 is 15.4 Å². The second-order valence-electron chi connectivity index (χ2n) is 5.94. The van der Waals surface area contributed by atoms with Crippen LogP contribution in [0.3, 0.4) is 0 Å². The van der Waals surface area contributed by atoms with E-state index in [1.807, 2.05) is 42.5 Å². The van der Waals surface area contributed by atoms with E-state index in [4.69, 9.17) is 4.74 Å². The van der Waals surface area contributed by atoms with Gasteiger partial charge in [-0.1, -0.05) is 42.5 Å². The first-order valence-corrected chi connectivity index (χ1v) is 9.25. The molecule has 0 atom stereocenters. The molecule has 0 heterocycles. The lowest BCUT2D eigenvalue weighted by molar-refractivity contribution is -0.123. The average molecular weight is 427 g/mol. The van der Waals surface area contributed by atoms with E-state index in [1.54, 1.807) is 25.2 Å². The molecule has 138 valence electrons. The molecule has 0 unspecified atom stereocenters. The van der Waals surface area contributed by atoms with Gasteiger partial charge in [0.1, 0.15) is 5.75 Å². The molecule has 0 aliphatic rings. The van der Waals surface area contributed by atoms with E-state index in [0.29, 0.717) is 17.9 Å². The van der Waals surface area contributed by atoms with Crippen LogP contribution in [0.25, 0.3) is 10.8 Å². The standard InChI is InChI=1S/C21H19BrN2O3/c1-23-21(26)16-7-4-5-14(11-16)12-24-19(25)13-27-18-10-9-15-6-2-3-8-17(15)20(18)22/h2-11H,12-13H2,1H3,(H,23,26)(H,24,25). The molecule has 0 radical (unpaired) electrons. The van der Waals surface area contributed by atoms with Crippen molar-refractivity contribution in [1.82, 2.24) is 10.6 Å². The quantitative estimate of drug-likeness (QED) is 0.631. The summed E-state index contributed by atoms with van der Waals surface area (Å²) in [5.74, 6) is 0.221. The SMILES string of the molecule is CNC(=O)c1cccc(CNC(=O)COc2ccc3ccccc3c2Br)c1. The molecule has 5 nitrogen and oxygen atoms in total. The minimum Gasteiger partial charge on any atom is -0.483 e. The average Bonchev–Trinajstić information content (AvgIpc) is 2.71. The second-order valence-corrected chi connectivity index (χ2v) is 6.74. The molecule has 6 heteroatoms. The van der Waals surface area contributed by atoms with Crippen LogP contribution in [0.15, 0.2) is 65.1 Å². The summed E-state index contributed by atoms with van der Waals surface area (Å²) in [6, 6.07) is 18.9. The molecule has 0 fully saturated rings. The van der Waals surface area contributed by atoms with Crippen LogP contribution in [0.5, 0.6) is 5.75 Å². The lowest BCUT2D eigenvalue weighted by atomic mass is 10.1. The topological polar surface area (TPSA) is 67.4 Å². The normalized spacial score (nSPS) is 10.4. The van der Waals surface area contributed by atoms with Crippen LogP contribution in [-0.2, 0) is 11.3 Å². The summed E-state index contributed by atoms with van der Waals surface area (Å²) >= 11 is 3.54. The first-order valence-electron chi connectivity index (χ1n) is 8.46. The molecule has 0 aliphatic heterocycles. The molecule has 0 aromatic heterocycles. The zero-order valence-electron chi connectivity index (χ0n) is 14.8. The smallest absolute Gasteiger partial charge is 0.258 e. The third kappa shape index (κ3) is 4.65. The monoisotopic (exact) mass is 426 g/mol. The van der Waals surface area contributed by atoms with Crippen LogP contribution in [0, 0.1) is 0 Å². The number of carbonyl (C=O) groups is 2. The van der Waals surface area contributed by atoms with Crippen molar-refractivity contribution in [2.45, 2.75) is 6.54 Å². The summed E-state index contributed by atoms with van der Waals surface area (Å²) in [5, 5.41) is 7.50. The molecule has 0 bridgehead atoms. The highest BCUT2D eigenvalue weighted by molar-refractivity contribution is 9.10. The Kier molecular flexibility index (Phi) is 6.08. The number of carbonyl (C=O) groups excluding carboxylic acids is 2. The van der Waals surface area contributed by atoms with Crippen LogP contribution in [0.2, 0.25) is 0 Å². The molecule has 0 saturated carbocycles. The van der Waals surface area contributed by atoms with E-state index in [9.17, 15) is 9.59 Å². The van der Waals surface area contributed by atoms with Gasteiger partial charge in [0.25, 0.3) is 11.8 Å². The molecule has 2 N–H and O–H groups in total. The summed E-state index contributed by atoms with van der Waals surface area (Å²) in [7, 11) is 1.58. The van der Waals surface area contributed by atoms with Gasteiger partial charge in [0.2, 0.25) is 0 Å². The largest absolute Gasteiger partial charge is 0.483 e. The summed E-state index contributed by atoms with van der Waals surface area (Å²) in [4.78, 5) is 23.8. The van der Waals surface area contributed by atoms with Crippen molar-refractivity contribution in [1.29, 1.82) is 0 Å². The van der Waals surface area contributed by atoms with Crippen LogP contribution in [0.4, 0.5) is 0 Å². The van der Waals surface area contributed by atoms with Gasteiger partial charge in [-0.2, -0.15) is 0 Å². The fourth-order valence-corrected chi connectivity index (χ4v) is 3.29. The lowest BCUT2D eigenvalue weighted by Crippen LogP contribution is -2.28. The maximum absolute atomic E-state index is 12.1. The van der Waals surface area contributed by atoms with Crippen LogP contribution in [0.1, 0.15) is 15.9 Å². The van der Waals surface area contributed by atoms with Gasteiger partial charge in [0, 0.05) is 19.2 Å². The highest BCUT2D eigenvalue weighted by Gasteiger charge is 2.09. The van der Waals surface area contributed by atoms with Gasteiger partial charge < -0.3 is 15.4 Å². The molecule has 27 heavy (non-hydrogen) atoms. The first-order chi connectivity index (χ1) is 13.1. The number of ether oxygens (including phenoxy) is 1. The molecule has 3 aromatic carbocycles.